The highest BCUT2D eigenvalue weighted by Gasteiger charge is 2.27. The first-order chi connectivity index (χ1) is 9.58. The molecule has 0 bridgehead atoms. The van der Waals surface area contributed by atoms with Gasteiger partial charge in [0.2, 0.25) is 5.91 Å². The molecule has 0 fully saturated rings. The number of nitrogens with one attached hydrogen (secondary N) is 1. The van der Waals surface area contributed by atoms with Gasteiger partial charge in [-0.25, -0.2) is 4.79 Å². The predicted molar refractivity (Wildman–Crippen MR) is 78.2 cm³/mol. The standard InChI is InChI=1S/C15H20N2O4/c1-8-5-6-9(2)11(13(19)20)10(8)12(18)17-7-15(3,4)14(16)21/h5-6H,7H2,1-4H3,(H2,16,21)(H,17,18)(H,19,20). The van der Waals surface area contributed by atoms with Gasteiger partial charge in [-0.1, -0.05) is 12.1 Å². The summed E-state index contributed by atoms with van der Waals surface area (Å²) in [4.78, 5) is 34.9. The third-order valence-electron chi connectivity index (χ3n) is 3.42. The van der Waals surface area contributed by atoms with Crippen LogP contribution >= 0.6 is 0 Å². The molecule has 6 nitrogen and oxygen atoms in total. The monoisotopic (exact) mass is 292 g/mol. The van der Waals surface area contributed by atoms with Gasteiger partial charge in [-0.05, 0) is 38.8 Å². The molecular weight excluding hydrogens is 272 g/mol. The van der Waals surface area contributed by atoms with Crippen LogP contribution in [0.15, 0.2) is 12.1 Å². The predicted octanol–water partition coefficient (Wildman–Crippen LogP) is 1.24. The number of carboxylic acids is 1. The molecule has 0 saturated carbocycles. The van der Waals surface area contributed by atoms with Crippen LogP contribution in [0.4, 0.5) is 0 Å². The van der Waals surface area contributed by atoms with Crippen LogP contribution in [0.2, 0.25) is 0 Å². The number of aromatic carboxylic acids is 1. The Labute approximate surface area is 123 Å². The molecule has 0 aliphatic rings. The Morgan fingerprint density at radius 3 is 2.05 bits per heavy atom. The molecule has 0 aromatic heterocycles. The van der Waals surface area contributed by atoms with E-state index in [1.54, 1.807) is 39.8 Å². The summed E-state index contributed by atoms with van der Waals surface area (Å²) < 4.78 is 0. The summed E-state index contributed by atoms with van der Waals surface area (Å²) in [5, 5.41) is 11.9. The van der Waals surface area contributed by atoms with Crippen molar-refractivity contribution < 1.29 is 19.5 Å². The number of primary amides is 1. The van der Waals surface area contributed by atoms with Crippen molar-refractivity contribution in [3.63, 3.8) is 0 Å². The number of rotatable bonds is 5. The summed E-state index contributed by atoms with van der Waals surface area (Å²) in [6.45, 7) is 6.55. The van der Waals surface area contributed by atoms with Crippen molar-refractivity contribution in [2.24, 2.45) is 11.1 Å². The Kier molecular flexibility index (Phi) is 4.73. The number of amides is 2. The number of carbonyl (C=O) groups is 3. The molecule has 21 heavy (non-hydrogen) atoms. The van der Waals surface area contributed by atoms with E-state index in [-0.39, 0.29) is 17.7 Å². The molecule has 1 aromatic carbocycles. The van der Waals surface area contributed by atoms with Crippen LogP contribution in [0.25, 0.3) is 0 Å². The molecule has 0 heterocycles. The normalized spacial score (nSPS) is 11.0. The summed E-state index contributed by atoms with van der Waals surface area (Å²) >= 11 is 0. The molecule has 0 unspecified atom stereocenters. The second kappa shape index (κ2) is 5.95. The molecule has 0 aliphatic carbocycles. The van der Waals surface area contributed by atoms with Gasteiger partial charge in [0.1, 0.15) is 0 Å². The van der Waals surface area contributed by atoms with Gasteiger partial charge in [0.25, 0.3) is 5.91 Å². The van der Waals surface area contributed by atoms with Crippen molar-refractivity contribution in [3.8, 4) is 0 Å². The topological polar surface area (TPSA) is 109 Å². The van der Waals surface area contributed by atoms with Crippen molar-refractivity contribution in [2.75, 3.05) is 6.54 Å². The molecule has 1 rings (SSSR count). The van der Waals surface area contributed by atoms with Crippen LogP contribution in [-0.2, 0) is 4.79 Å². The third-order valence-corrected chi connectivity index (χ3v) is 3.42. The lowest BCUT2D eigenvalue weighted by Crippen LogP contribution is -2.42. The minimum absolute atomic E-state index is 0.0237. The van der Waals surface area contributed by atoms with E-state index in [0.717, 1.165) is 0 Å². The number of carbonyl (C=O) groups excluding carboxylic acids is 2. The first-order valence-electron chi connectivity index (χ1n) is 6.49. The zero-order valence-corrected chi connectivity index (χ0v) is 12.6. The highest BCUT2D eigenvalue weighted by molar-refractivity contribution is 6.06. The summed E-state index contributed by atoms with van der Waals surface area (Å²) in [6, 6.07) is 3.35. The van der Waals surface area contributed by atoms with Gasteiger partial charge in [0.15, 0.2) is 0 Å². The van der Waals surface area contributed by atoms with E-state index in [4.69, 9.17) is 5.73 Å². The molecule has 1 aromatic rings. The maximum atomic E-state index is 12.3. The Bertz CT molecular complexity index is 606. The van der Waals surface area contributed by atoms with Gasteiger partial charge in [-0.2, -0.15) is 0 Å². The Hall–Kier alpha value is -2.37. The molecule has 0 radical (unpaired) electrons. The highest BCUT2D eigenvalue weighted by atomic mass is 16.4. The van der Waals surface area contributed by atoms with E-state index < -0.39 is 23.2 Å². The molecule has 6 heteroatoms. The number of hydrogen-bond donors (Lipinski definition) is 3. The van der Waals surface area contributed by atoms with Crippen LogP contribution in [0.3, 0.4) is 0 Å². The molecule has 0 saturated heterocycles. The second-order valence-corrected chi connectivity index (χ2v) is 5.69. The zero-order valence-electron chi connectivity index (χ0n) is 12.6. The van der Waals surface area contributed by atoms with Crippen molar-refractivity contribution >= 4 is 17.8 Å². The van der Waals surface area contributed by atoms with Crippen LogP contribution in [0.1, 0.15) is 45.7 Å². The zero-order chi connectivity index (χ0) is 16.4. The average Bonchev–Trinajstić information content (AvgIpc) is 2.37. The minimum Gasteiger partial charge on any atom is -0.478 e. The fourth-order valence-electron chi connectivity index (χ4n) is 1.86. The van der Waals surface area contributed by atoms with Gasteiger partial charge < -0.3 is 16.2 Å². The van der Waals surface area contributed by atoms with Crippen LogP contribution in [0, 0.1) is 19.3 Å². The van der Waals surface area contributed by atoms with Gasteiger partial charge in [-0.15, -0.1) is 0 Å². The van der Waals surface area contributed by atoms with E-state index in [2.05, 4.69) is 5.32 Å². The lowest BCUT2D eigenvalue weighted by atomic mass is 9.92. The quantitative estimate of drug-likeness (QED) is 0.758. The van der Waals surface area contributed by atoms with Crippen LogP contribution in [-0.4, -0.2) is 29.4 Å². The number of benzene rings is 1. The summed E-state index contributed by atoms with van der Waals surface area (Å²) in [5.74, 6) is -2.22. The Morgan fingerprint density at radius 2 is 1.62 bits per heavy atom. The molecule has 4 N–H and O–H groups in total. The third kappa shape index (κ3) is 3.59. The van der Waals surface area contributed by atoms with Crippen molar-refractivity contribution in [1.82, 2.24) is 5.32 Å². The fourth-order valence-corrected chi connectivity index (χ4v) is 1.86. The van der Waals surface area contributed by atoms with Crippen molar-refractivity contribution in [3.05, 3.63) is 34.4 Å². The molecule has 0 aliphatic heterocycles. The van der Waals surface area contributed by atoms with E-state index in [1.807, 2.05) is 0 Å². The van der Waals surface area contributed by atoms with E-state index in [9.17, 15) is 19.5 Å². The van der Waals surface area contributed by atoms with Gasteiger partial charge in [0.05, 0.1) is 16.5 Å². The van der Waals surface area contributed by atoms with Gasteiger partial charge in [0, 0.05) is 6.54 Å². The summed E-state index contributed by atoms with van der Waals surface area (Å²) in [6.07, 6.45) is 0. The molecule has 0 atom stereocenters. The first-order valence-corrected chi connectivity index (χ1v) is 6.49. The van der Waals surface area contributed by atoms with Crippen LogP contribution < -0.4 is 11.1 Å². The smallest absolute Gasteiger partial charge is 0.336 e. The Morgan fingerprint density at radius 1 is 1.14 bits per heavy atom. The molecule has 2 amide bonds. The summed E-state index contributed by atoms with van der Waals surface area (Å²) in [5.41, 5.74) is 5.50. The molecular formula is C15H20N2O4. The SMILES string of the molecule is Cc1ccc(C)c(C(=O)NCC(C)(C)C(N)=O)c1C(=O)O. The second-order valence-electron chi connectivity index (χ2n) is 5.69. The van der Waals surface area contributed by atoms with E-state index in [0.29, 0.717) is 11.1 Å². The van der Waals surface area contributed by atoms with Crippen LogP contribution in [0.5, 0.6) is 0 Å². The molecule has 114 valence electrons. The Balaban J connectivity index is 3.12. The largest absolute Gasteiger partial charge is 0.478 e. The van der Waals surface area contributed by atoms with E-state index in [1.165, 1.54) is 0 Å². The summed E-state index contributed by atoms with van der Waals surface area (Å²) in [7, 11) is 0. The molecule has 0 spiro atoms. The number of nitrogens with two attached hydrogens (primary N) is 1. The first kappa shape index (κ1) is 16.7. The van der Waals surface area contributed by atoms with E-state index >= 15 is 0 Å². The highest BCUT2D eigenvalue weighted by Crippen LogP contribution is 2.20. The lowest BCUT2D eigenvalue weighted by Gasteiger charge is -2.21. The maximum Gasteiger partial charge on any atom is 0.336 e. The maximum absolute atomic E-state index is 12.3. The van der Waals surface area contributed by atoms with Gasteiger partial charge in [-0.3, -0.25) is 9.59 Å². The number of aryl methyl sites for hydroxylation is 2. The minimum atomic E-state index is -1.16. The number of carboxylic acid groups (broad SMARTS) is 1. The van der Waals surface area contributed by atoms with Crippen molar-refractivity contribution in [1.29, 1.82) is 0 Å². The van der Waals surface area contributed by atoms with Gasteiger partial charge >= 0.3 is 5.97 Å². The van der Waals surface area contributed by atoms with Crippen molar-refractivity contribution in [2.45, 2.75) is 27.7 Å². The number of hydrogen-bond acceptors (Lipinski definition) is 3. The fraction of sp³-hybridized carbons (Fsp3) is 0.400. The average molecular weight is 292 g/mol. The lowest BCUT2D eigenvalue weighted by molar-refractivity contribution is -0.125.